The van der Waals surface area contributed by atoms with Gasteiger partial charge in [0.15, 0.2) is 0 Å². The van der Waals surface area contributed by atoms with Crippen LogP contribution in [0.3, 0.4) is 0 Å². The number of anilines is 1. The fourth-order valence-corrected chi connectivity index (χ4v) is 2.38. The zero-order valence-corrected chi connectivity index (χ0v) is 12.2. The quantitative estimate of drug-likeness (QED) is 0.909. The van der Waals surface area contributed by atoms with Gasteiger partial charge >= 0.3 is 0 Å². The van der Waals surface area contributed by atoms with E-state index in [4.69, 9.17) is 4.74 Å². The minimum absolute atomic E-state index is 0.0200. The van der Waals surface area contributed by atoms with Gasteiger partial charge in [0.25, 0.3) is 0 Å². The molecule has 0 fully saturated rings. The molecule has 3 nitrogen and oxygen atoms in total. The summed E-state index contributed by atoms with van der Waals surface area (Å²) in [6.07, 6.45) is 0.223. The molecule has 106 valence electrons. The first-order valence-corrected chi connectivity index (χ1v) is 7.26. The van der Waals surface area contributed by atoms with E-state index < -0.39 is 5.82 Å². The third kappa shape index (κ3) is 4.06. The highest BCUT2D eigenvalue weighted by molar-refractivity contribution is 7.08. The third-order valence-corrected chi connectivity index (χ3v) is 3.26. The summed E-state index contributed by atoms with van der Waals surface area (Å²) in [4.78, 5) is 11.8. The second kappa shape index (κ2) is 6.52. The average Bonchev–Trinajstić information content (AvgIpc) is 2.84. The van der Waals surface area contributed by atoms with Gasteiger partial charge in [0.05, 0.1) is 18.2 Å². The Morgan fingerprint density at radius 3 is 2.80 bits per heavy atom. The van der Waals surface area contributed by atoms with Crippen molar-refractivity contribution in [3.05, 3.63) is 46.4 Å². The Kier molecular flexibility index (Phi) is 4.74. The fourth-order valence-electron chi connectivity index (χ4n) is 1.72. The standard InChI is InChI=1S/C15H16FNO2S/c1-10(2)19-12-3-4-14(13(16)8-12)17-15(18)7-11-5-6-20-9-11/h3-6,8-10H,7H2,1-2H3,(H,17,18). The van der Waals surface area contributed by atoms with Crippen molar-refractivity contribution in [2.24, 2.45) is 0 Å². The zero-order chi connectivity index (χ0) is 14.5. The number of benzene rings is 1. The van der Waals surface area contributed by atoms with E-state index in [0.717, 1.165) is 5.56 Å². The van der Waals surface area contributed by atoms with Gasteiger partial charge < -0.3 is 10.1 Å². The molecule has 1 aromatic heterocycles. The summed E-state index contributed by atoms with van der Waals surface area (Å²) < 4.78 is 19.2. The van der Waals surface area contributed by atoms with Gasteiger partial charge in [0.2, 0.25) is 5.91 Å². The van der Waals surface area contributed by atoms with E-state index in [9.17, 15) is 9.18 Å². The summed E-state index contributed by atoms with van der Waals surface area (Å²) in [6, 6.07) is 6.31. The number of halogens is 1. The van der Waals surface area contributed by atoms with Crippen LogP contribution >= 0.6 is 11.3 Å². The molecule has 0 saturated heterocycles. The highest BCUT2D eigenvalue weighted by atomic mass is 32.1. The molecule has 5 heteroatoms. The molecule has 0 unspecified atom stereocenters. The van der Waals surface area contributed by atoms with Crippen molar-refractivity contribution >= 4 is 22.9 Å². The molecule has 1 heterocycles. The molecule has 2 rings (SSSR count). The van der Waals surface area contributed by atoms with Crippen LogP contribution in [0.5, 0.6) is 5.75 Å². The Labute approximate surface area is 121 Å². The van der Waals surface area contributed by atoms with Crippen LogP contribution in [0.4, 0.5) is 10.1 Å². The van der Waals surface area contributed by atoms with E-state index in [2.05, 4.69) is 5.32 Å². The minimum atomic E-state index is -0.498. The van der Waals surface area contributed by atoms with Crippen LogP contribution in [-0.2, 0) is 11.2 Å². The molecule has 0 saturated carbocycles. The molecule has 1 aromatic carbocycles. The van der Waals surface area contributed by atoms with Gasteiger partial charge in [0.1, 0.15) is 11.6 Å². The van der Waals surface area contributed by atoms with E-state index in [-0.39, 0.29) is 24.1 Å². The summed E-state index contributed by atoms with van der Waals surface area (Å²) in [5, 5.41) is 6.37. The molecule has 2 aromatic rings. The maximum atomic E-state index is 13.8. The molecule has 0 aliphatic rings. The average molecular weight is 293 g/mol. The lowest BCUT2D eigenvalue weighted by Gasteiger charge is -2.11. The lowest BCUT2D eigenvalue weighted by molar-refractivity contribution is -0.115. The van der Waals surface area contributed by atoms with Crippen LogP contribution in [0, 0.1) is 5.82 Å². The highest BCUT2D eigenvalue weighted by Gasteiger charge is 2.10. The van der Waals surface area contributed by atoms with Gasteiger partial charge in [0, 0.05) is 6.07 Å². The second-order valence-corrected chi connectivity index (χ2v) is 5.44. The lowest BCUT2D eigenvalue weighted by atomic mass is 10.2. The number of thiophene rings is 1. The lowest BCUT2D eigenvalue weighted by Crippen LogP contribution is -2.15. The van der Waals surface area contributed by atoms with Crippen LogP contribution in [0.25, 0.3) is 0 Å². The fraction of sp³-hybridized carbons (Fsp3) is 0.267. The summed E-state index contributed by atoms with van der Waals surface area (Å²) >= 11 is 1.53. The Bertz CT molecular complexity index is 582. The summed E-state index contributed by atoms with van der Waals surface area (Å²) in [6.45, 7) is 3.74. The largest absolute Gasteiger partial charge is 0.491 e. The molecule has 0 spiro atoms. The SMILES string of the molecule is CC(C)Oc1ccc(NC(=O)Cc2ccsc2)c(F)c1. The molecular weight excluding hydrogens is 277 g/mol. The number of hydrogen-bond donors (Lipinski definition) is 1. The first kappa shape index (κ1) is 14.5. The summed E-state index contributed by atoms with van der Waals surface area (Å²) in [7, 11) is 0. The predicted octanol–water partition coefficient (Wildman–Crippen LogP) is 3.86. The molecular formula is C15H16FNO2S. The van der Waals surface area contributed by atoms with E-state index in [1.807, 2.05) is 30.7 Å². The maximum absolute atomic E-state index is 13.8. The molecule has 20 heavy (non-hydrogen) atoms. The molecule has 0 radical (unpaired) electrons. The molecule has 0 bridgehead atoms. The van der Waals surface area contributed by atoms with Gasteiger partial charge in [-0.15, -0.1) is 0 Å². The summed E-state index contributed by atoms with van der Waals surface area (Å²) in [5.41, 5.74) is 1.09. The third-order valence-electron chi connectivity index (χ3n) is 2.53. The monoisotopic (exact) mass is 293 g/mol. The van der Waals surface area contributed by atoms with Crippen LogP contribution in [-0.4, -0.2) is 12.0 Å². The van der Waals surface area contributed by atoms with Crippen LogP contribution in [0.2, 0.25) is 0 Å². The number of ether oxygens (including phenoxy) is 1. The van der Waals surface area contributed by atoms with E-state index >= 15 is 0 Å². The second-order valence-electron chi connectivity index (χ2n) is 4.66. The van der Waals surface area contributed by atoms with Gasteiger partial charge in [-0.3, -0.25) is 4.79 Å². The van der Waals surface area contributed by atoms with Gasteiger partial charge in [-0.2, -0.15) is 11.3 Å². The number of hydrogen-bond acceptors (Lipinski definition) is 3. The number of amides is 1. The first-order chi connectivity index (χ1) is 9.54. The van der Waals surface area contributed by atoms with Crippen molar-refractivity contribution in [1.82, 2.24) is 0 Å². The first-order valence-electron chi connectivity index (χ1n) is 6.31. The van der Waals surface area contributed by atoms with E-state index in [0.29, 0.717) is 5.75 Å². The normalized spacial score (nSPS) is 10.6. The van der Waals surface area contributed by atoms with Crippen molar-refractivity contribution in [1.29, 1.82) is 0 Å². The Morgan fingerprint density at radius 2 is 2.20 bits per heavy atom. The van der Waals surface area contributed by atoms with Crippen molar-refractivity contribution in [3.63, 3.8) is 0 Å². The topological polar surface area (TPSA) is 38.3 Å². The van der Waals surface area contributed by atoms with E-state index in [1.54, 1.807) is 6.07 Å². The van der Waals surface area contributed by atoms with Gasteiger partial charge in [-0.1, -0.05) is 0 Å². The van der Waals surface area contributed by atoms with Crippen molar-refractivity contribution in [2.75, 3.05) is 5.32 Å². The Balaban J connectivity index is 2.00. The van der Waals surface area contributed by atoms with Crippen LogP contribution in [0.1, 0.15) is 19.4 Å². The van der Waals surface area contributed by atoms with Crippen molar-refractivity contribution in [3.8, 4) is 5.75 Å². The molecule has 0 aliphatic heterocycles. The minimum Gasteiger partial charge on any atom is -0.491 e. The molecule has 1 amide bonds. The van der Waals surface area contributed by atoms with Crippen LogP contribution in [0.15, 0.2) is 35.0 Å². The van der Waals surface area contributed by atoms with Gasteiger partial charge in [-0.05, 0) is 48.4 Å². The molecule has 1 N–H and O–H groups in total. The van der Waals surface area contributed by atoms with Crippen LogP contribution < -0.4 is 10.1 Å². The maximum Gasteiger partial charge on any atom is 0.228 e. The highest BCUT2D eigenvalue weighted by Crippen LogP contribution is 2.21. The molecule has 0 aliphatic carbocycles. The van der Waals surface area contributed by atoms with E-state index in [1.165, 1.54) is 23.5 Å². The summed E-state index contributed by atoms with van der Waals surface area (Å²) in [5.74, 6) is -0.282. The van der Waals surface area contributed by atoms with Gasteiger partial charge in [-0.25, -0.2) is 4.39 Å². The van der Waals surface area contributed by atoms with Crippen molar-refractivity contribution in [2.45, 2.75) is 26.4 Å². The molecule has 0 atom stereocenters. The number of rotatable bonds is 5. The predicted molar refractivity (Wildman–Crippen MR) is 78.8 cm³/mol. The Morgan fingerprint density at radius 1 is 1.40 bits per heavy atom. The number of carbonyl (C=O) groups excluding carboxylic acids is 1. The smallest absolute Gasteiger partial charge is 0.228 e. The Hall–Kier alpha value is -1.88. The number of nitrogens with one attached hydrogen (secondary N) is 1. The number of carbonyl (C=O) groups is 1. The zero-order valence-electron chi connectivity index (χ0n) is 11.4. The van der Waals surface area contributed by atoms with Crippen molar-refractivity contribution < 1.29 is 13.9 Å².